The second-order valence-corrected chi connectivity index (χ2v) is 3.96. The Balaban J connectivity index is 0.00000289. The molecule has 1 aromatic carbocycles. The molecule has 4 nitrogen and oxygen atoms in total. The molecule has 0 saturated heterocycles. The minimum absolute atomic E-state index is 0. The summed E-state index contributed by atoms with van der Waals surface area (Å²) in [5, 5.41) is 2.99. The van der Waals surface area contributed by atoms with Crippen LogP contribution in [0, 0.1) is 0 Å². The van der Waals surface area contributed by atoms with Gasteiger partial charge in [0.15, 0.2) is 5.78 Å². The number of ketones is 1. The third-order valence-electron chi connectivity index (χ3n) is 2.58. The van der Waals surface area contributed by atoms with E-state index in [0.29, 0.717) is 17.7 Å². The highest BCUT2D eigenvalue weighted by atomic mass is 35.5. The van der Waals surface area contributed by atoms with E-state index in [-0.39, 0.29) is 24.1 Å². The number of hydrogen-bond donors (Lipinski definition) is 1. The van der Waals surface area contributed by atoms with E-state index in [4.69, 9.17) is 0 Å². The summed E-state index contributed by atoms with van der Waals surface area (Å²) >= 11 is 0. The van der Waals surface area contributed by atoms with Crippen LogP contribution in [-0.4, -0.2) is 43.8 Å². The zero-order valence-corrected chi connectivity index (χ0v) is 11.7. The molecule has 0 unspecified atom stereocenters. The Morgan fingerprint density at radius 2 is 1.67 bits per heavy atom. The number of carbonyl (C=O) groups is 2. The SMILES string of the molecule is CNCCN(C)C(=O)c1ccc(C(C)=O)cc1.Cl. The lowest BCUT2D eigenvalue weighted by Crippen LogP contribution is -2.32. The number of rotatable bonds is 5. The minimum Gasteiger partial charge on any atom is -0.340 e. The molecule has 0 aliphatic rings. The van der Waals surface area contributed by atoms with E-state index in [0.717, 1.165) is 6.54 Å². The minimum atomic E-state index is -0.0321. The third kappa shape index (κ3) is 4.47. The molecule has 1 amide bonds. The fraction of sp³-hybridized carbons (Fsp3) is 0.385. The van der Waals surface area contributed by atoms with Gasteiger partial charge in [-0.1, -0.05) is 12.1 Å². The van der Waals surface area contributed by atoms with E-state index in [2.05, 4.69) is 5.32 Å². The molecule has 0 aliphatic heterocycles. The van der Waals surface area contributed by atoms with Gasteiger partial charge in [-0.2, -0.15) is 0 Å². The Hall–Kier alpha value is -1.39. The van der Waals surface area contributed by atoms with E-state index in [1.54, 1.807) is 36.2 Å². The molecule has 5 heteroatoms. The zero-order chi connectivity index (χ0) is 12.8. The summed E-state index contributed by atoms with van der Waals surface area (Å²) in [6, 6.07) is 6.74. The number of carbonyl (C=O) groups excluding carboxylic acids is 2. The van der Waals surface area contributed by atoms with Crippen LogP contribution in [0.25, 0.3) is 0 Å². The van der Waals surface area contributed by atoms with Crippen molar-refractivity contribution >= 4 is 24.1 Å². The van der Waals surface area contributed by atoms with Crippen molar-refractivity contribution in [2.24, 2.45) is 0 Å². The van der Waals surface area contributed by atoms with Gasteiger partial charge < -0.3 is 10.2 Å². The first-order chi connectivity index (χ1) is 8.06. The summed E-state index contributed by atoms with van der Waals surface area (Å²) in [6.07, 6.45) is 0. The van der Waals surface area contributed by atoms with Gasteiger partial charge in [-0.15, -0.1) is 12.4 Å². The second kappa shape index (κ2) is 7.84. The molecule has 1 aromatic rings. The molecule has 0 atom stereocenters. The first kappa shape index (κ1) is 16.6. The summed E-state index contributed by atoms with van der Waals surface area (Å²) in [5.74, 6) is -0.0251. The maximum absolute atomic E-state index is 11.9. The molecule has 0 spiro atoms. The lowest BCUT2D eigenvalue weighted by molar-refractivity contribution is 0.0796. The second-order valence-electron chi connectivity index (χ2n) is 3.96. The van der Waals surface area contributed by atoms with Crippen molar-refractivity contribution in [2.45, 2.75) is 6.92 Å². The molecule has 100 valence electrons. The normalized spacial score (nSPS) is 9.50. The Morgan fingerprint density at radius 1 is 1.17 bits per heavy atom. The summed E-state index contributed by atoms with van der Waals surface area (Å²) in [7, 11) is 3.61. The average molecular weight is 271 g/mol. The molecular weight excluding hydrogens is 252 g/mol. The van der Waals surface area contributed by atoms with E-state index in [1.807, 2.05) is 7.05 Å². The first-order valence-corrected chi connectivity index (χ1v) is 5.57. The highest BCUT2D eigenvalue weighted by Crippen LogP contribution is 2.07. The van der Waals surface area contributed by atoms with Gasteiger partial charge >= 0.3 is 0 Å². The smallest absolute Gasteiger partial charge is 0.253 e. The molecule has 0 radical (unpaired) electrons. The van der Waals surface area contributed by atoms with Crippen LogP contribution >= 0.6 is 12.4 Å². The quantitative estimate of drug-likeness (QED) is 0.827. The molecule has 0 fully saturated rings. The summed E-state index contributed by atoms with van der Waals surface area (Å²) in [6.45, 7) is 2.92. The molecule has 0 aliphatic carbocycles. The fourth-order valence-corrected chi connectivity index (χ4v) is 1.45. The van der Waals surface area contributed by atoms with Crippen LogP contribution in [0.5, 0.6) is 0 Å². The highest BCUT2D eigenvalue weighted by molar-refractivity contribution is 5.97. The van der Waals surface area contributed by atoms with Gasteiger partial charge in [0.25, 0.3) is 5.91 Å². The molecule has 0 heterocycles. The summed E-state index contributed by atoms with van der Waals surface area (Å²) in [5.41, 5.74) is 1.23. The average Bonchev–Trinajstić information content (AvgIpc) is 2.35. The largest absolute Gasteiger partial charge is 0.340 e. The van der Waals surface area contributed by atoms with Crippen LogP contribution in [0.1, 0.15) is 27.6 Å². The van der Waals surface area contributed by atoms with Crippen molar-refractivity contribution in [2.75, 3.05) is 27.2 Å². The third-order valence-corrected chi connectivity index (χ3v) is 2.58. The number of halogens is 1. The monoisotopic (exact) mass is 270 g/mol. The van der Waals surface area contributed by atoms with Gasteiger partial charge in [-0.05, 0) is 26.1 Å². The van der Waals surface area contributed by atoms with Crippen LogP contribution in [0.15, 0.2) is 24.3 Å². The van der Waals surface area contributed by atoms with Crippen LogP contribution in [0.3, 0.4) is 0 Å². The molecule has 0 saturated carbocycles. The summed E-state index contributed by atoms with van der Waals surface area (Å²) in [4.78, 5) is 24.7. The van der Waals surface area contributed by atoms with Gasteiger partial charge in [-0.3, -0.25) is 9.59 Å². The number of nitrogens with zero attached hydrogens (tertiary/aromatic N) is 1. The maximum Gasteiger partial charge on any atom is 0.253 e. The lowest BCUT2D eigenvalue weighted by atomic mass is 10.1. The zero-order valence-electron chi connectivity index (χ0n) is 10.9. The fourth-order valence-electron chi connectivity index (χ4n) is 1.45. The molecule has 0 bridgehead atoms. The van der Waals surface area contributed by atoms with E-state index in [9.17, 15) is 9.59 Å². The number of nitrogens with one attached hydrogen (secondary N) is 1. The van der Waals surface area contributed by atoms with Gasteiger partial charge in [0.2, 0.25) is 0 Å². The van der Waals surface area contributed by atoms with Gasteiger partial charge in [-0.25, -0.2) is 0 Å². The van der Waals surface area contributed by atoms with E-state index >= 15 is 0 Å². The predicted octanol–water partition coefficient (Wildman–Crippen LogP) is 1.60. The maximum atomic E-state index is 11.9. The Morgan fingerprint density at radius 3 is 2.11 bits per heavy atom. The Bertz CT molecular complexity index is 404. The topological polar surface area (TPSA) is 49.4 Å². The molecule has 0 aromatic heterocycles. The van der Waals surface area contributed by atoms with Crippen LogP contribution < -0.4 is 5.32 Å². The number of Topliss-reactive ketones (excluding diaryl/α,β-unsaturated/α-hetero) is 1. The lowest BCUT2D eigenvalue weighted by Gasteiger charge is -2.16. The number of amides is 1. The Kier molecular flexibility index (Phi) is 7.24. The number of hydrogen-bond acceptors (Lipinski definition) is 3. The van der Waals surface area contributed by atoms with Crippen molar-refractivity contribution in [3.05, 3.63) is 35.4 Å². The molecule has 1 rings (SSSR count). The van der Waals surface area contributed by atoms with Crippen LogP contribution in [0.4, 0.5) is 0 Å². The summed E-state index contributed by atoms with van der Waals surface area (Å²) < 4.78 is 0. The van der Waals surface area contributed by atoms with Gasteiger partial charge in [0.1, 0.15) is 0 Å². The highest BCUT2D eigenvalue weighted by Gasteiger charge is 2.11. The molecular formula is C13H19ClN2O2. The van der Waals surface area contributed by atoms with Gasteiger partial charge in [0.05, 0.1) is 0 Å². The van der Waals surface area contributed by atoms with E-state index < -0.39 is 0 Å². The van der Waals surface area contributed by atoms with Crippen molar-refractivity contribution in [1.82, 2.24) is 10.2 Å². The van der Waals surface area contributed by atoms with Crippen LogP contribution in [0.2, 0.25) is 0 Å². The van der Waals surface area contributed by atoms with Crippen molar-refractivity contribution in [3.8, 4) is 0 Å². The predicted molar refractivity (Wildman–Crippen MR) is 74.6 cm³/mol. The Labute approximate surface area is 114 Å². The van der Waals surface area contributed by atoms with Gasteiger partial charge in [0, 0.05) is 31.3 Å². The molecule has 18 heavy (non-hydrogen) atoms. The van der Waals surface area contributed by atoms with Crippen molar-refractivity contribution in [1.29, 1.82) is 0 Å². The number of benzene rings is 1. The van der Waals surface area contributed by atoms with Crippen molar-refractivity contribution < 1.29 is 9.59 Å². The number of likely N-dealkylation sites (N-methyl/N-ethyl adjacent to an activating group) is 2. The van der Waals surface area contributed by atoms with Crippen molar-refractivity contribution in [3.63, 3.8) is 0 Å². The van der Waals surface area contributed by atoms with E-state index in [1.165, 1.54) is 6.92 Å². The first-order valence-electron chi connectivity index (χ1n) is 5.57. The standard InChI is InChI=1S/C13H18N2O2.ClH/c1-10(16)11-4-6-12(7-5-11)13(17)15(3)9-8-14-2;/h4-7,14H,8-9H2,1-3H3;1H. The van der Waals surface area contributed by atoms with Crippen LogP contribution in [-0.2, 0) is 0 Å². The molecule has 1 N–H and O–H groups in total.